The molecule has 0 unspecified atom stereocenters. The molecule has 0 saturated carbocycles. The lowest BCUT2D eigenvalue weighted by atomic mass is 10.0. The van der Waals surface area contributed by atoms with Crippen molar-refractivity contribution in [3.05, 3.63) is 0 Å². The molecule has 2 N–H and O–H groups in total. The van der Waals surface area contributed by atoms with Gasteiger partial charge in [0, 0.05) is 26.2 Å². The zero-order chi connectivity index (χ0) is 31.5. The van der Waals surface area contributed by atoms with Crippen LogP contribution in [0.1, 0.15) is 165 Å². The molecule has 0 aromatic rings. The van der Waals surface area contributed by atoms with Crippen molar-refractivity contribution in [2.45, 2.75) is 176 Å². The van der Waals surface area contributed by atoms with E-state index in [9.17, 15) is 19.2 Å². The third kappa shape index (κ3) is 45.8. The van der Waals surface area contributed by atoms with Gasteiger partial charge in [-0.05, 0) is 54.4 Å². The smallest absolute Gasteiger partial charge is 0.306 e. The molecule has 0 aliphatic carbocycles. The molecule has 8 nitrogen and oxygen atoms in total. The highest BCUT2D eigenvalue weighted by atomic mass is 16.6. The Balaban J connectivity index is -0.000000796. The van der Waals surface area contributed by atoms with E-state index in [-0.39, 0.29) is 35.0 Å². The average molecular weight is 574 g/mol. The molecule has 0 aliphatic heterocycles. The van der Waals surface area contributed by atoms with Crippen LogP contribution in [-0.2, 0) is 33.4 Å². The van der Waals surface area contributed by atoms with Crippen molar-refractivity contribution in [3.8, 4) is 0 Å². The minimum absolute atomic E-state index is 0.0645. The summed E-state index contributed by atoms with van der Waals surface area (Å²) >= 11 is 0. The van der Waals surface area contributed by atoms with Crippen molar-refractivity contribution >= 4 is 23.8 Å². The molecule has 0 aromatic carbocycles. The van der Waals surface area contributed by atoms with E-state index in [1.54, 1.807) is 6.92 Å². The molecule has 0 radical (unpaired) electrons. The summed E-state index contributed by atoms with van der Waals surface area (Å²) in [6.45, 7) is 14.4. The van der Waals surface area contributed by atoms with Crippen LogP contribution < -0.4 is 5.73 Å². The van der Waals surface area contributed by atoms with E-state index in [2.05, 4.69) is 4.74 Å². The van der Waals surface area contributed by atoms with E-state index in [1.165, 1.54) is 78.2 Å². The van der Waals surface area contributed by atoms with Crippen LogP contribution in [-0.4, -0.2) is 42.1 Å². The summed E-state index contributed by atoms with van der Waals surface area (Å²) in [5, 5.41) is 0. The Kier molecular flexibility index (Phi) is 28.7. The number of amides is 1. The van der Waals surface area contributed by atoms with Crippen LogP contribution in [0.3, 0.4) is 0 Å². The van der Waals surface area contributed by atoms with Gasteiger partial charge in [-0.15, -0.1) is 0 Å². The largest absolute Gasteiger partial charge is 0.469 e. The Labute approximate surface area is 245 Å². The van der Waals surface area contributed by atoms with Crippen molar-refractivity contribution in [2.24, 2.45) is 5.73 Å². The molecule has 0 bridgehead atoms. The maximum Gasteiger partial charge on any atom is 0.306 e. The molecule has 0 saturated heterocycles. The van der Waals surface area contributed by atoms with E-state index in [0.717, 1.165) is 25.7 Å². The van der Waals surface area contributed by atoms with Gasteiger partial charge in [0.2, 0.25) is 5.91 Å². The van der Waals surface area contributed by atoms with Gasteiger partial charge in [0.15, 0.2) is 0 Å². The van der Waals surface area contributed by atoms with E-state index in [4.69, 9.17) is 15.2 Å². The fraction of sp³-hybridized carbons (Fsp3) is 0.875. The molecule has 0 atom stereocenters. The van der Waals surface area contributed by atoms with Gasteiger partial charge < -0.3 is 19.9 Å². The number of hydrogen-bond acceptors (Lipinski definition) is 7. The van der Waals surface area contributed by atoms with Crippen molar-refractivity contribution in [2.75, 3.05) is 7.11 Å². The number of rotatable bonds is 18. The molecule has 0 rings (SSSR count). The lowest BCUT2D eigenvalue weighted by molar-refractivity contribution is -0.155. The van der Waals surface area contributed by atoms with Crippen LogP contribution in [0, 0.1) is 0 Å². The summed E-state index contributed by atoms with van der Waals surface area (Å²) < 4.78 is 14.4. The summed E-state index contributed by atoms with van der Waals surface area (Å²) in [5.41, 5.74) is 4.43. The second-order valence-corrected chi connectivity index (χ2v) is 12.1. The number of ether oxygens (including phenoxy) is 3. The number of carbonyl (C=O) groups is 4. The highest BCUT2D eigenvalue weighted by Gasteiger charge is 2.15. The first kappa shape index (κ1) is 42.3. The SMILES string of the molecule is CC(=O)OC(C)(C)C.CC(C)(C)OC(=O)CCCCCCCCCCCCCCCCC(N)=O.CCC(=O)OC. The number of nitrogens with two attached hydrogens (primary N) is 1. The molecule has 8 heteroatoms. The second kappa shape index (κ2) is 27.1. The summed E-state index contributed by atoms with van der Waals surface area (Å²) in [7, 11) is 1.38. The lowest BCUT2D eigenvalue weighted by Crippen LogP contribution is -2.23. The Hall–Kier alpha value is -2.12. The van der Waals surface area contributed by atoms with E-state index < -0.39 is 0 Å². The van der Waals surface area contributed by atoms with Gasteiger partial charge in [0.25, 0.3) is 0 Å². The van der Waals surface area contributed by atoms with Gasteiger partial charge in [0.1, 0.15) is 11.2 Å². The first-order valence-corrected chi connectivity index (χ1v) is 15.3. The van der Waals surface area contributed by atoms with Crippen LogP contribution in [0.4, 0.5) is 0 Å². The third-order valence-electron chi connectivity index (χ3n) is 5.44. The fourth-order valence-corrected chi connectivity index (χ4v) is 3.66. The van der Waals surface area contributed by atoms with Gasteiger partial charge in [-0.25, -0.2) is 0 Å². The molecule has 0 aliphatic rings. The Bertz CT molecular complexity index is 643. The first-order valence-electron chi connectivity index (χ1n) is 15.3. The molecular formula is C32H63NO7. The summed E-state index contributed by atoms with van der Waals surface area (Å²) in [6, 6.07) is 0. The minimum atomic E-state index is -0.359. The quantitative estimate of drug-likeness (QED) is 0.100. The maximum absolute atomic E-state index is 11.6. The average Bonchev–Trinajstić information content (AvgIpc) is 2.81. The predicted octanol–water partition coefficient (Wildman–Crippen LogP) is 7.97. The monoisotopic (exact) mass is 573 g/mol. The highest BCUT2D eigenvalue weighted by Crippen LogP contribution is 2.15. The normalized spacial score (nSPS) is 10.8. The van der Waals surface area contributed by atoms with Crippen molar-refractivity contribution < 1.29 is 33.4 Å². The lowest BCUT2D eigenvalue weighted by Gasteiger charge is -2.19. The van der Waals surface area contributed by atoms with E-state index in [1.807, 2.05) is 41.5 Å². The summed E-state index contributed by atoms with van der Waals surface area (Å²) in [5.74, 6) is -0.620. The highest BCUT2D eigenvalue weighted by molar-refractivity contribution is 5.73. The number of esters is 3. The van der Waals surface area contributed by atoms with Crippen molar-refractivity contribution in [1.29, 1.82) is 0 Å². The molecule has 0 heterocycles. The zero-order valence-corrected chi connectivity index (χ0v) is 27.5. The third-order valence-corrected chi connectivity index (χ3v) is 5.44. The molecular weight excluding hydrogens is 510 g/mol. The zero-order valence-electron chi connectivity index (χ0n) is 27.5. The standard InChI is InChI=1S/C22H43NO3.C6H12O2.C4H8O2/c1-22(2,3)26-21(25)19-17-15-13-11-9-7-5-4-6-8-10-12-14-16-18-20(23)24;1-5(7)8-6(2,3)4;1-3-4(5)6-2/h4-19H2,1-3H3,(H2,23,24);1-4H3;3H2,1-2H3. The van der Waals surface area contributed by atoms with Crippen LogP contribution in [0.25, 0.3) is 0 Å². The topological polar surface area (TPSA) is 122 Å². The molecule has 0 fully saturated rings. The Morgan fingerprint density at radius 2 is 0.875 bits per heavy atom. The second-order valence-electron chi connectivity index (χ2n) is 12.1. The van der Waals surface area contributed by atoms with Crippen LogP contribution >= 0.6 is 0 Å². The number of methoxy groups -OCH3 is 1. The van der Waals surface area contributed by atoms with Gasteiger partial charge in [-0.1, -0.05) is 84.0 Å². The van der Waals surface area contributed by atoms with Gasteiger partial charge in [0.05, 0.1) is 7.11 Å². The maximum atomic E-state index is 11.6. The van der Waals surface area contributed by atoms with Crippen molar-refractivity contribution in [3.63, 3.8) is 0 Å². The van der Waals surface area contributed by atoms with Gasteiger partial charge >= 0.3 is 17.9 Å². The number of unbranched alkanes of at least 4 members (excludes halogenated alkanes) is 13. The molecule has 238 valence electrons. The predicted molar refractivity (Wildman–Crippen MR) is 163 cm³/mol. The summed E-state index contributed by atoms with van der Waals surface area (Å²) in [6.07, 6.45) is 18.8. The minimum Gasteiger partial charge on any atom is -0.469 e. The number of primary amides is 1. The van der Waals surface area contributed by atoms with Gasteiger partial charge in [-0.3, -0.25) is 19.2 Å². The molecule has 0 aromatic heterocycles. The van der Waals surface area contributed by atoms with E-state index >= 15 is 0 Å². The summed E-state index contributed by atoms with van der Waals surface area (Å²) in [4.78, 5) is 42.4. The number of hydrogen-bond donors (Lipinski definition) is 1. The van der Waals surface area contributed by atoms with Crippen molar-refractivity contribution in [1.82, 2.24) is 0 Å². The molecule has 0 spiro atoms. The van der Waals surface area contributed by atoms with Crippen LogP contribution in [0.15, 0.2) is 0 Å². The Morgan fingerprint density at radius 1 is 0.550 bits per heavy atom. The van der Waals surface area contributed by atoms with E-state index in [0.29, 0.717) is 19.3 Å². The Morgan fingerprint density at radius 3 is 1.07 bits per heavy atom. The van der Waals surface area contributed by atoms with Crippen LogP contribution in [0.5, 0.6) is 0 Å². The van der Waals surface area contributed by atoms with Crippen LogP contribution in [0.2, 0.25) is 0 Å². The number of carbonyl (C=O) groups excluding carboxylic acids is 4. The first-order chi connectivity index (χ1) is 18.5. The fourth-order valence-electron chi connectivity index (χ4n) is 3.66. The van der Waals surface area contributed by atoms with Gasteiger partial charge in [-0.2, -0.15) is 0 Å². The molecule has 40 heavy (non-hydrogen) atoms. The molecule has 1 amide bonds.